The molecule has 1 aliphatic rings. The minimum absolute atomic E-state index is 0.109. The molecule has 0 bridgehead atoms. The standard InChI is InChI=1S/C44H51ClN8O7S2/c1-53-37(21-28-24-49-34-11-4-3-10-30(28)34)41(55)51-25-32-29(26-14-15-31(44(57)58)38(22-26)62(2,59)60)16-17-33(45)39(32)61-42-27(9-8-20-48-42)23-50-35(13-7-19-47)40(54)52-36(43(53)56)12-5-6-18-46/h3-4,8-11,14-17,20,22,24,35-37,49-50H,5-7,12-13,18-19,21,23,25,46-47H2,1-2H3,(H,51,55)(H,52,54)(H,57,58)/t35-,36-,37-/m0/s1. The first-order valence-corrected chi connectivity index (χ1v) is 23.3. The summed E-state index contributed by atoms with van der Waals surface area (Å²) in [4.78, 5) is 65.1. The summed E-state index contributed by atoms with van der Waals surface area (Å²) >= 11 is 8.23. The van der Waals surface area contributed by atoms with Gasteiger partial charge in [-0.3, -0.25) is 14.4 Å². The van der Waals surface area contributed by atoms with Crippen LogP contribution >= 0.6 is 23.4 Å². The Kier molecular flexibility index (Phi) is 15.4. The molecular formula is C44H51ClN8O7S2. The van der Waals surface area contributed by atoms with Gasteiger partial charge in [-0.1, -0.05) is 59.8 Å². The van der Waals surface area contributed by atoms with Gasteiger partial charge in [0.05, 0.1) is 21.5 Å². The number of hydrogen-bond donors (Lipinski definition) is 7. The van der Waals surface area contributed by atoms with Crippen LogP contribution in [0.2, 0.25) is 5.02 Å². The molecule has 6 rings (SSSR count). The van der Waals surface area contributed by atoms with Crippen LogP contribution in [0.1, 0.15) is 59.2 Å². The van der Waals surface area contributed by atoms with Gasteiger partial charge in [0, 0.05) is 61.0 Å². The van der Waals surface area contributed by atoms with Crippen LogP contribution in [0.3, 0.4) is 0 Å². The molecule has 2 aromatic heterocycles. The normalized spacial score (nSPS) is 18.1. The van der Waals surface area contributed by atoms with Crippen LogP contribution in [0.15, 0.2) is 93.9 Å². The van der Waals surface area contributed by atoms with E-state index in [-0.39, 0.29) is 36.4 Å². The topological polar surface area (TPSA) is 243 Å². The van der Waals surface area contributed by atoms with E-state index in [9.17, 15) is 32.7 Å². The summed E-state index contributed by atoms with van der Waals surface area (Å²) in [5.41, 5.74) is 15.0. The second-order valence-corrected chi connectivity index (χ2v) is 18.6. The van der Waals surface area contributed by atoms with E-state index in [1.165, 1.54) is 34.9 Å². The highest BCUT2D eigenvalue weighted by atomic mass is 35.5. The number of unbranched alkanes of at least 4 members (excludes halogenated alkanes) is 1. The number of pyridine rings is 1. The number of halogens is 1. The number of carboxylic acid groups (broad SMARTS) is 1. The number of hydrogen-bond acceptors (Lipinski definition) is 11. The van der Waals surface area contributed by atoms with Gasteiger partial charge in [0.1, 0.15) is 17.1 Å². The molecule has 1 aliphatic heterocycles. The number of nitrogens with two attached hydrogens (primary N) is 2. The molecule has 3 heterocycles. The number of para-hydroxylation sites is 1. The quantitative estimate of drug-likeness (QED) is 0.0847. The largest absolute Gasteiger partial charge is 0.478 e. The minimum Gasteiger partial charge on any atom is -0.478 e. The molecule has 0 spiro atoms. The third-order valence-electron chi connectivity index (χ3n) is 10.9. The van der Waals surface area contributed by atoms with Crippen LogP contribution in [-0.2, 0) is 43.7 Å². The van der Waals surface area contributed by atoms with Crippen molar-refractivity contribution in [3.63, 3.8) is 0 Å². The van der Waals surface area contributed by atoms with Crippen LogP contribution in [0.25, 0.3) is 22.0 Å². The SMILES string of the molecule is CN1C(=O)[C@H](CCCCN)NC(=O)[C@H](CCCN)NCc2cccnc2Sc2c(Cl)ccc(-c3ccc(C(=O)O)c(S(C)(=O)=O)c3)c2CNC(=O)[C@@H]1Cc1c[nH]c2ccccc12. The zero-order valence-electron chi connectivity index (χ0n) is 34.4. The average Bonchev–Trinajstić information content (AvgIpc) is 3.67. The van der Waals surface area contributed by atoms with Crippen molar-refractivity contribution >= 4 is 67.8 Å². The van der Waals surface area contributed by atoms with Crippen LogP contribution in [-0.4, -0.2) is 96.6 Å². The molecule has 18 heteroatoms. The van der Waals surface area contributed by atoms with Gasteiger partial charge in [0.15, 0.2) is 9.84 Å². The number of fused-ring (bicyclic) bond motifs is 3. The number of carboxylic acids is 1. The van der Waals surface area contributed by atoms with Crippen LogP contribution in [0, 0.1) is 0 Å². The molecule has 0 radical (unpaired) electrons. The molecule has 0 unspecified atom stereocenters. The fourth-order valence-corrected chi connectivity index (χ4v) is 9.82. The van der Waals surface area contributed by atoms with E-state index in [1.54, 1.807) is 37.6 Å². The highest BCUT2D eigenvalue weighted by Crippen LogP contribution is 2.42. The van der Waals surface area contributed by atoms with Gasteiger partial charge in [0.2, 0.25) is 17.7 Å². The first kappa shape index (κ1) is 46.2. The molecule has 62 heavy (non-hydrogen) atoms. The van der Waals surface area contributed by atoms with Crippen molar-refractivity contribution in [2.45, 2.75) is 84.6 Å². The van der Waals surface area contributed by atoms with Gasteiger partial charge in [-0.25, -0.2) is 18.2 Å². The van der Waals surface area contributed by atoms with Crippen molar-refractivity contribution in [3.05, 3.63) is 106 Å². The van der Waals surface area contributed by atoms with E-state index < -0.39 is 51.7 Å². The monoisotopic (exact) mass is 902 g/mol. The number of nitrogens with zero attached hydrogens (tertiary/aromatic N) is 2. The lowest BCUT2D eigenvalue weighted by Gasteiger charge is -2.32. The number of carbonyl (C=O) groups excluding carboxylic acids is 3. The van der Waals surface area contributed by atoms with Gasteiger partial charge < -0.3 is 42.4 Å². The number of likely N-dealkylation sites (N-methyl/N-ethyl adjacent to an activating group) is 1. The predicted molar refractivity (Wildman–Crippen MR) is 239 cm³/mol. The summed E-state index contributed by atoms with van der Waals surface area (Å²) in [6.07, 6.45) is 6.83. The maximum Gasteiger partial charge on any atom is 0.337 e. The molecule has 3 atom stereocenters. The van der Waals surface area contributed by atoms with E-state index >= 15 is 0 Å². The first-order chi connectivity index (χ1) is 29.7. The Labute approximate surface area is 369 Å². The summed E-state index contributed by atoms with van der Waals surface area (Å²) in [7, 11) is -2.46. The molecule has 3 amide bonds. The second kappa shape index (κ2) is 20.7. The Balaban J connectivity index is 1.52. The van der Waals surface area contributed by atoms with E-state index in [1.807, 2.05) is 30.3 Å². The molecular weight excluding hydrogens is 852 g/mol. The number of nitrogens with one attached hydrogen (secondary N) is 4. The van der Waals surface area contributed by atoms with Crippen LogP contribution in [0.5, 0.6) is 0 Å². The lowest BCUT2D eigenvalue weighted by Crippen LogP contribution is -2.57. The Morgan fingerprint density at radius 3 is 2.45 bits per heavy atom. The van der Waals surface area contributed by atoms with E-state index in [0.717, 1.165) is 28.3 Å². The number of carbonyl (C=O) groups is 4. The lowest BCUT2D eigenvalue weighted by molar-refractivity contribution is -0.142. The molecule has 15 nitrogen and oxygen atoms in total. The minimum atomic E-state index is -4.00. The average molecular weight is 904 g/mol. The summed E-state index contributed by atoms with van der Waals surface area (Å²) in [6.45, 7) is 0.800. The van der Waals surface area contributed by atoms with E-state index in [4.69, 9.17) is 23.1 Å². The zero-order chi connectivity index (χ0) is 44.6. The molecule has 5 aromatic rings. The van der Waals surface area contributed by atoms with E-state index in [2.05, 4.69) is 25.9 Å². The Morgan fingerprint density at radius 1 is 0.952 bits per heavy atom. The third kappa shape index (κ3) is 10.8. The second-order valence-electron chi connectivity index (χ2n) is 15.2. The molecule has 0 saturated heterocycles. The van der Waals surface area contributed by atoms with Gasteiger partial charge in [0.25, 0.3) is 0 Å². The summed E-state index contributed by atoms with van der Waals surface area (Å²) in [5.74, 6) is -2.76. The maximum atomic E-state index is 14.8. The zero-order valence-corrected chi connectivity index (χ0v) is 36.8. The highest BCUT2D eigenvalue weighted by molar-refractivity contribution is 7.99. The van der Waals surface area contributed by atoms with E-state index in [0.29, 0.717) is 70.4 Å². The summed E-state index contributed by atoms with van der Waals surface area (Å²) < 4.78 is 25.9. The van der Waals surface area contributed by atoms with Gasteiger partial charge in [-0.15, -0.1) is 0 Å². The van der Waals surface area contributed by atoms with Gasteiger partial charge >= 0.3 is 5.97 Å². The van der Waals surface area contributed by atoms with Gasteiger partial charge in [-0.2, -0.15) is 0 Å². The third-order valence-corrected chi connectivity index (χ3v) is 13.7. The predicted octanol–water partition coefficient (Wildman–Crippen LogP) is 4.65. The lowest BCUT2D eigenvalue weighted by atomic mass is 9.97. The number of rotatable bonds is 12. The van der Waals surface area contributed by atoms with Crippen molar-refractivity contribution in [3.8, 4) is 11.1 Å². The Morgan fingerprint density at radius 2 is 1.71 bits per heavy atom. The first-order valence-electron chi connectivity index (χ1n) is 20.3. The Hall–Kier alpha value is -5.30. The van der Waals surface area contributed by atoms with Crippen molar-refractivity contribution in [2.75, 3.05) is 26.4 Å². The van der Waals surface area contributed by atoms with Crippen molar-refractivity contribution in [1.29, 1.82) is 0 Å². The van der Waals surface area contributed by atoms with Crippen molar-refractivity contribution in [2.24, 2.45) is 11.5 Å². The molecule has 0 aliphatic carbocycles. The maximum absolute atomic E-state index is 14.8. The number of aromatic amines is 1. The van der Waals surface area contributed by atoms with Crippen molar-refractivity contribution < 1.29 is 32.7 Å². The molecule has 9 N–H and O–H groups in total. The van der Waals surface area contributed by atoms with Gasteiger partial charge in [-0.05, 0) is 103 Å². The number of aromatic nitrogens is 2. The summed E-state index contributed by atoms with van der Waals surface area (Å²) in [6, 6.07) is 15.8. The number of sulfone groups is 1. The summed E-state index contributed by atoms with van der Waals surface area (Å²) in [5, 5.41) is 21.0. The number of amides is 3. The van der Waals surface area contributed by atoms with Crippen LogP contribution in [0.4, 0.5) is 0 Å². The highest BCUT2D eigenvalue weighted by Gasteiger charge is 2.34. The number of benzene rings is 3. The number of aromatic carboxylic acids is 1. The number of H-pyrrole nitrogens is 1. The van der Waals surface area contributed by atoms with Crippen LogP contribution < -0.4 is 27.4 Å². The molecule has 328 valence electrons. The fraction of sp³-hybridized carbons (Fsp3) is 0.341. The fourth-order valence-electron chi connectivity index (χ4n) is 7.59. The molecule has 0 saturated carbocycles. The smallest absolute Gasteiger partial charge is 0.337 e. The molecule has 3 aromatic carbocycles. The van der Waals surface area contributed by atoms with Crippen molar-refractivity contribution in [1.82, 2.24) is 30.8 Å². The Bertz CT molecular complexity index is 2570. The molecule has 0 fully saturated rings.